The molecular weight excluding hydrogens is 296 g/mol. The summed E-state index contributed by atoms with van der Waals surface area (Å²) in [4.78, 5) is 7.31. The number of nitrogens with one attached hydrogen (secondary N) is 1. The Morgan fingerprint density at radius 1 is 1.19 bits per heavy atom. The molecule has 0 fully saturated rings. The van der Waals surface area contributed by atoms with Gasteiger partial charge in [-0.1, -0.05) is 18.2 Å². The number of hydrogen-bond donors (Lipinski definition) is 1. The largest absolute Gasteiger partial charge is 0.309 e. The number of nitrogens with zero attached hydrogens (tertiary/aromatic N) is 1. The van der Waals surface area contributed by atoms with Crippen LogP contribution in [0.2, 0.25) is 0 Å². The zero-order chi connectivity index (χ0) is 14.8. The maximum Gasteiger partial charge on any atom is 0.0900 e. The lowest BCUT2D eigenvalue weighted by atomic mass is 10.2. The molecule has 0 saturated heterocycles. The predicted octanol–water partition coefficient (Wildman–Crippen LogP) is 4.87. The lowest BCUT2D eigenvalue weighted by Gasteiger charge is -2.11. The Kier molecular flexibility index (Phi) is 4.38. The van der Waals surface area contributed by atoms with E-state index in [2.05, 4.69) is 61.4 Å². The zero-order valence-electron chi connectivity index (χ0n) is 12.6. The topological polar surface area (TPSA) is 24.9 Å². The predicted molar refractivity (Wildman–Crippen MR) is 93.5 cm³/mol. The minimum Gasteiger partial charge on any atom is -0.309 e. The minimum absolute atomic E-state index is 0.400. The summed E-state index contributed by atoms with van der Waals surface area (Å²) >= 11 is 3.70. The maximum absolute atomic E-state index is 4.49. The fraction of sp³-hybridized carbons (Fsp3) is 0.353. The zero-order valence-corrected chi connectivity index (χ0v) is 14.3. The maximum atomic E-state index is 4.49. The van der Waals surface area contributed by atoms with Crippen LogP contribution in [0.3, 0.4) is 0 Å². The van der Waals surface area contributed by atoms with E-state index in [-0.39, 0.29) is 0 Å². The second-order valence-electron chi connectivity index (χ2n) is 5.35. The van der Waals surface area contributed by atoms with Gasteiger partial charge in [0.25, 0.3) is 0 Å². The van der Waals surface area contributed by atoms with Crippen LogP contribution in [0.4, 0.5) is 0 Å². The molecule has 0 radical (unpaired) electrons. The van der Waals surface area contributed by atoms with Gasteiger partial charge in [0.05, 0.1) is 10.7 Å². The number of thiophene rings is 1. The molecule has 1 unspecified atom stereocenters. The Morgan fingerprint density at radius 3 is 2.71 bits per heavy atom. The van der Waals surface area contributed by atoms with Crippen LogP contribution in [0.5, 0.6) is 0 Å². The first-order chi connectivity index (χ1) is 10.1. The SMILES string of the molecule is Cc1nc(C)c(CCNC(C)c2cc3ccccc3s2)s1. The van der Waals surface area contributed by atoms with Gasteiger partial charge in [-0.25, -0.2) is 4.98 Å². The molecule has 2 heterocycles. The van der Waals surface area contributed by atoms with E-state index in [0.717, 1.165) is 13.0 Å². The number of benzene rings is 1. The third-order valence-corrected chi connectivity index (χ3v) is 6.10. The van der Waals surface area contributed by atoms with Crippen molar-refractivity contribution in [2.24, 2.45) is 0 Å². The summed E-state index contributed by atoms with van der Waals surface area (Å²) in [5.41, 5.74) is 1.19. The number of hydrogen-bond acceptors (Lipinski definition) is 4. The first-order valence-electron chi connectivity index (χ1n) is 7.28. The van der Waals surface area contributed by atoms with Gasteiger partial charge in [0, 0.05) is 27.0 Å². The smallest absolute Gasteiger partial charge is 0.0900 e. The molecule has 4 heteroatoms. The summed E-state index contributed by atoms with van der Waals surface area (Å²) in [6.07, 6.45) is 1.06. The molecule has 0 aliphatic rings. The fourth-order valence-electron chi connectivity index (χ4n) is 2.52. The number of fused-ring (bicyclic) bond motifs is 1. The van der Waals surface area contributed by atoms with Crippen molar-refractivity contribution < 1.29 is 0 Å². The Labute approximate surface area is 133 Å². The quantitative estimate of drug-likeness (QED) is 0.726. The van der Waals surface area contributed by atoms with Gasteiger partial charge < -0.3 is 5.32 Å². The highest BCUT2D eigenvalue weighted by Crippen LogP contribution is 2.29. The molecule has 0 saturated carbocycles. The van der Waals surface area contributed by atoms with Crippen molar-refractivity contribution in [3.63, 3.8) is 0 Å². The second-order valence-corrected chi connectivity index (χ2v) is 7.76. The molecule has 0 bridgehead atoms. The Balaban J connectivity index is 1.61. The van der Waals surface area contributed by atoms with Crippen molar-refractivity contribution in [3.05, 3.63) is 50.8 Å². The first kappa shape index (κ1) is 14.7. The molecule has 2 nitrogen and oxygen atoms in total. The third-order valence-electron chi connectivity index (χ3n) is 3.67. The van der Waals surface area contributed by atoms with E-state index in [1.54, 1.807) is 0 Å². The van der Waals surface area contributed by atoms with Crippen molar-refractivity contribution in [3.8, 4) is 0 Å². The van der Waals surface area contributed by atoms with E-state index in [1.807, 2.05) is 22.7 Å². The van der Waals surface area contributed by atoms with Gasteiger partial charge in [-0.15, -0.1) is 22.7 Å². The Hall–Kier alpha value is -1.23. The summed E-state index contributed by atoms with van der Waals surface area (Å²) in [5, 5.41) is 6.15. The van der Waals surface area contributed by atoms with Crippen LogP contribution < -0.4 is 5.32 Å². The van der Waals surface area contributed by atoms with Gasteiger partial charge in [-0.3, -0.25) is 0 Å². The van der Waals surface area contributed by atoms with Crippen LogP contribution in [0.15, 0.2) is 30.3 Å². The summed E-state index contributed by atoms with van der Waals surface area (Å²) in [5.74, 6) is 0. The normalized spacial score (nSPS) is 12.9. The van der Waals surface area contributed by atoms with Crippen molar-refractivity contribution >= 4 is 32.8 Å². The fourth-order valence-corrected chi connectivity index (χ4v) is 4.55. The highest BCUT2D eigenvalue weighted by Gasteiger charge is 2.10. The van der Waals surface area contributed by atoms with Gasteiger partial charge in [-0.05, 0) is 44.7 Å². The summed E-state index contributed by atoms with van der Waals surface area (Å²) < 4.78 is 1.37. The lowest BCUT2D eigenvalue weighted by Crippen LogP contribution is -2.20. The lowest BCUT2D eigenvalue weighted by molar-refractivity contribution is 0.586. The van der Waals surface area contributed by atoms with Crippen molar-refractivity contribution in [1.29, 1.82) is 0 Å². The molecular formula is C17H20N2S2. The van der Waals surface area contributed by atoms with Crippen molar-refractivity contribution in [1.82, 2.24) is 10.3 Å². The average molecular weight is 316 g/mol. The van der Waals surface area contributed by atoms with Crippen LogP contribution in [-0.2, 0) is 6.42 Å². The molecule has 3 aromatic rings. The van der Waals surface area contributed by atoms with Crippen LogP contribution in [0.1, 0.15) is 33.4 Å². The molecule has 110 valence electrons. The van der Waals surface area contributed by atoms with Crippen molar-refractivity contribution in [2.45, 2.75) is 33.2 Å². The molecule has 1 atom stereocenters. The van der Waals surface area contributed by atoms with E-state index in [0.29, 0.717) is 6.04 Å². The van der Waals surface area contributed by atoms with Gasteiger partial charge in [0.2, 0.25) is 0 Å². The molecule has 0 spiro atoms. The first-order valence-corrected chi connectivity index (χ1v) is 8.91. The van der Waals surface area contributed by atoms with Gasteiger partial charge in [0.15, 0.2) is 0 Å². The number of aryl methyl sites for hydroxylation is 2. The van der Waals surface area contributed by atoms with Crippen LogP contribution in [0.25, 0.3) is 10.1 Å². The van der Waals surface area contributed by atoms with Gasteiger partial charge in [0.1, 0.15) is 0 Å². The minimum atomic E-state index is 0.400. The van der Waals surface area contributed by atoms with Crippen LogP contribution in [-0.4, -0.2) is 11.5 Å². The van der Waals surface area contributed by atoms with E-state index in [1.165, 1.54) is 30.5 Å². The monoisotopic (exact) mass is 316 g/mol. The number of rotatable bonds is 5. The van der Waals surface area contributed by atoms with Crippen LogP contribution >= 0.6 is 22.7 Å². The summed E-state index contributed by atoms with van der Waals surface area (Å²) in [6.45, 7) is 7.43. The molecule has 3 rings (SSSR count). The molecule has 1 N–H and O–H groups in total. The highest BCUT2D eigenvalue weighted by molar-refractivity contribution is 7.19. The van der Waals surface area contributed by atoms with E-state index >= 15 is 0 Å². The van der Waals surface area contributed by atoms with Crippen LogP contribution in [0, 0.1) is 13.8 Å². The van der Waals surface area contributed by atoms with Gasteiger partial charge in [-0.2, -0.15) is 0 Å². The standard InChI is InChI=1S/C17H20N2S2/c1-11(17-10-14-6-4-5-7-16(14)21-17)18-9-8-15-12(2)19-13(3)20-15/h4-7,10-11,18H,8-9H2,1-3H3. The Bertz CT molecular complexity index is 709. The molecule has 2 aromatic heterocycles. The summed E-state index contributed by atoms with van der Waals surface area (Å²) in [7, 11) is 0. The second kappa shape index (κ2) is 6.26. The molecule has 0 amide bonds. The molecule has 21 heavy (non-hydrogen) atoms. The van der Waals surface area contributed by atoms with Gasteiger partial charge >= 0.3 is 0 Å². The average Bonchev–Trinajstić information content (AvgIpc) is 3.02. The molecule has 0 aliphatic carbocycles. The number of aromatic nitrogens is 1. The highest BCUT2D eigenvalue weighted by atomic mass is 32.1. The molecule has 1 aromatic carbocycles. The molecule has 0 aliphatic heterocycles. The third kappa shape index (κ3) is 3.34. The van der Waals surface area contributed by atoms with Crippen molar-refractivity contribution in [2.75, 3.05) is 6.54 Å². The van der Waals surface area contributed by atoms with E-state index < -0.39 is 0 Å². The Morgan fingerprint density at radius 2 is 2.00 bits per heavy atom. The summed E-state index contributed by atoms with van der Waals surface area (Å²) in [6, 6.07) is 11.3. The van der Waals surface area contributed by atoms with E-state index in [4.69, 9.17) is 0 Å². The van der Waals surface area contributed by atoms with E-state index in [9.17, 15) is 0 Å². The number of thiazole rings is 1.